The van der Waals surface area contributed by atoms with Gasteiger partial charge in [0, 0.05) is 24.5 Å². The second kappa shape index (κ2) is 10.2. The van der Waals surface area contributed by atoms with Gasteiger partial charge in [-0.15, -0.1) is 0 Å². The van der Waals surface area contributed by atoms with Crippen molar-refractivity contribution in [2.45, 2.75) is 57.2 Å². The molecule has 0 atom stereocenters. The minimum atomic E-state index is -0.0197. The molecule has 37 heavy (non-hydrogen) atoms. The summed E-state index contributed by atoms with van der Waals surface area (Å²) in [6.45, 7) is 4.80. The van der Waals surface area contributed by atoms with Crippen LogP contribution in [-0.2, 0) is 11.3 Å². The maximum absolute atomic E-state index is 12.6. The summed E-state index contributed by atoms with van der Waals surface area (Å²) in [4.78, 5) is 15.1. The number of aliphatic hydroxyl groups is 1. The molecule has 1 saturated carbocycles. The van der Waals surface area contributed by atoms with Crippen LogP contribution >= 0.6 is 0 Å². The molecule has 2 aromatic carbocycles. The van der Waals surface area contributed by atoms with E-state index in [-0.39, 0.29) is 25.1 Å². The van der Waals surface area contributed by atoms with Crippen LogP contribution in [0.5, 0.6) is 11.5 Å². The van der Waals surface area contributed by atoms with E-state index in [2.05, 4.69) is 38.8 Å². The van der Waals surface area contributed by atoms with E-state index in [0.29, 0.717) is 31.1 Å². The number of anilines is 1. The molecule has 1 amide bonds. The van der Waals surface area contributed by atoms with E-state index < -0.39 is 0 Å². The van der Waals surface area contributed by atoms with Crippen molar-refractivity contribution < 1.29 is 19.4 Å². The van der Waals surface area contributed by atoms with Crippen LogP contribution in [0, 0.1) is 6.92 Å². The fourth-order valence-electron chi connectivity index (χ4n) is 5.98. The molecule has 6 rings (SSSR count). The van der Waals surface area contributed by atoms with E-state index in [4.69, 9.17) is 9.47 Å². The van der Waals surface area contributed by atoms with E-state index >= 15 is 0 Å². The molecule has 2 fully saturated rings. The highest BCUT2D eigenvalue weighted by Crippen LogP contribution is 2.40. The fourth-order valence-corrected chi connectivity index (χ4v) is 5.98. The smallest absolute Gasteiger partial charge is 0.239 e. The molecule has 0 spiro atoms. The molecular formula is C28H35N5O4. The highest BCUT2D eigenvalue weighted by atomic mass is 16.7. The van der Waals surface area contributed by atoms with Gasteiger partial charge in [0.25, 0.3) is 0 Å². The maximum atomic E-state index is 12.6. The van der Waals surface area contributed by atoms with E-state index in [9.17, 15) is 9.90 Å². The normalized spacial score (nSPS) is 21.7. The lowest BCUT2D eigenvalue weighted by atomic mass is 9.80. The van der Waals surface area contributed by atoms with Crippen molar-refractivity contribution in [1.82, 2.24) is 20.0 Å². The number of likely N-dealkylation sites (tertiary alicyclic amines) is 1. The lowest BCUT2D eigenvalue weighted by Gasteiger charge is -2.46. The van der Waals surface area contributed by atoms with Crippen LogP contribution in [0.2, 0.25) is 0 Å². The van der Waals surface area contributed by atoms with E-state index in [0.717, 1.165) is 41.1 Å². The van der Waals surface area contributed by atoms with Crippen molar-refractivity contribution in [3.63, 3.8) is 0 Å². The number of carbonyl (C=O) groups excluding carboxylic acids is 1. The molecule has 1 saturated heterocycles. The van der Waals surface area contributed by atoms with Gasteiger partial charge in [-0.2, -0.15) is 5.10 Å². The Bertz CT molecular complexity index is 1280. The van der Waals surface area contributed by atoms with Crippen LogP contribution < -0.4 is 20.1 Å². The molecule has 1 aliphatic carbocycles. The number of benzene rings is 2. The van der Waals surface area contributed by atoms with Gasteiger partial charge in [-0.1, -0.05) is 17.7 Å². The average Bonchev–Trinajstić information content (AvgIpc) is 3.49. The number of amides is 1. The second-order valence-electron chi connectivity index (χ2n) is 10.5. The first-order chi connectivity index (χ1) is 18.1. The zero-order valence-corrected chi connectivity index (χ0v) is 21.3. The summed E-state index contributed by atoms with van der Waals surface area (Å²) in [5.74, 6) is 2.96. The van der Waals surface area contributed by atoms with Crippen LogP contribution in [0.3, 0.4) is 0 Å². The Morgan fingerprint density at radius 1 is 1.08 bits per heavy atom. The number of rotatable bonds is 8. The molecule has 2 aliphatic heterocycles. The molecule has 3 heterocycles. The summed E-state index contributed by atoms with van der Waals surface area (Å²) in [6, 6.07) is 13.3. The predicted octanol–water partition coefficient (Wildman–Crippen LogP) is 3.00. The number of nitrogens with zero attached hydrogens (tertiary/aromatic N) is 3. The van der Waals surface area contributed by atoms with Gasteiger partial charge in [0.2, 0.25) is 12.7 Å². The number of aromatic nitrogens is 2. The fraction of sp³-hybridized carbons (Fsp3) is 0.500. The number of hydrogen-bond acceptors (Lipinski definition) is 7. The summed E-state index contributed by atoms with van der Waals surface area (Å²) >= 11 is 0. The van der Waals surface area contributed by atoms with Crippen LogP contribution in [0.15, 0.2) is 36.4 Å². The molecule has 9 nitrogen and oxygen atoms in total. The van der Waals surface area contributed by atoms with Gasteiger partial charge in [-0.05, 0) is 68.4 Å². The zero-order chi connectivity index (χ0) is 25.4. The Labute approximate surface area is 216 Å². The van der Waals surface area contributed by atoms with Crippen molar-refractivity contribution in [2.24, 2.45) is 0 Å². The van der Waals surface area contributed by atoms with Gasteiger partial charge in [0.1, 0.15) is 0 Å². The first-order valence-corrected chi connectivity index (χ1v) is 13.3. The lowest BCUT2D eigenvalue weighted by Crippen LogP contribution is -2.63. The molecule has 0 unspecified atom stereocenters. The second-order valence-corrected chi connectivity index (χ2v) is 10.5. The quantitative estimate of drug-likeness (QED) is 0.433. The number of hydrogen-bond donors (Lipinski definition) is 3. The van der Waals surface area contributed by atoms with E-state index in [1.165, 1.54) is 31.2 Å². The van der Waals surface area contributed by atoms with Crippen LogP contribution in [-0.4, -0.2) is 70.8 Å². The van der Waals surface area contributed by atoms with Gasteiger partial charge < -0.3 is 25.2 Å². The summed E-state index contributed by atoms with van der Waals surface area (Å²) in [6.07, 6.45) is 4.73. The number of aryl methyl sites for hydroxylation is 1. The first kappa shape index (κ1) is 24.1. The number of carbonyl (C=O) groups is 1. The minimum Gasteiger partial charge on any atom is -0.454 e. The first-order valence-electron chi connectivity index (χ1n) is 13.3. The van der Waals surface area contributed by atoms with Crippen LogP contribution in [0.25, 0.3) is 10.9 Å². The van der Waals surface area contributed by atoms with Gasteiger partial charge in [-0.3, -0.25) is 14.4 Å². The largest absolute Gasteiger partial charge is 0.454 e. The van der Waals surface area contributed by atoms with E-state index in [1.807, 2.05) is 25.1 Å². The Hall–Kier alpha value is -3.30. The molecule has 3 aromatic rings. The molecule has 196 valence electrons. The Kier molecular flexibility index (Phi) is 6.65. The number of ether oxygens (including phenoxy) is 2. The standard InChI is InChI=1S/C28H35N5O4/c1-18-2-8-24-23(12-18)28(31-33(24)10-11-34)29-14-27(35)30-21-15-32(16-21)22-6-3-19(4-7-22)20-5-9-25-26(13-20)37-17-36-25/h2,5,8-9,12-13,19,21-22,34H,3-4,6-7,10-11,14-17H2,1H3,(H,29,31)(H,30,35)/t19-,22+. The monoisotopic (exact) mass is 505 g/mol. The Balaban J connectivity index is 0.954. The van der Waals surface area contributed by atoms with Crippen LogP contribution in [0.1, 0.15) is 42.7 Å². The predicted molar refractivity (Wildman–Crippen MR) is 141 cm³/mol. The summed E-state index contributed by atoms with van der Waals surface area (Å²) < 4.78 is 12.8. The summed E-state index contributed by atoms with van der Waals surface area (Å²) in [5.41, 5.74) is 3.43. The van der Waals surface area contributed by atoms with Crippen molar-refractivity contribution >= 4 is 22.6 Å². The summed E-state index contributed by atoms with van der Waals surface area (Å²) in [7, 11) is 0. The lowest BCUT2D eigenvalue weighted by molar-refractivity contribution is -0.121. The van der Waals surface area contributed by atoms with Crippen molar-refractivity contribution in [2.75, 3.05) is 38.4 Å². The maximum Gasteiger partial charge on any atom is 0.239 e. The van der Waals surface area contributed by atoms with Crippen molar-refractivity contribution in [3.05, 3.63) is 47.5 Å². The highest BCUT2D eigenvalue weighted by Gasteiger charge is 2.35. The third-order valence-corrected chi connectivity index (χ3v) is 7.99. The minimum absolute atomic E-state index is 0.0167. The molecular weight excluding hydrogens is 470 g/mol. The molecule has 9 heteroatoms. The SMILES string of the molecule is Cc1ccc2c(c1)c(NCC(=O)NC1CN([C@H]3CC[C@@H](c4ccc5c(c4)OCO5)CC3)C1)nn2CCO. The van der Waals surface area contributed by atoms with Gasteiger partial charge in [0.05, 0.1) is 31.3 Å². The third kappa shape index (κ3) is 4.98. The molecule has 3 N–H and O–H groups in total. The number of nitrogens with one attached hydrogen (secondary N) is 2. The average molecular weight is 506 g/mol. The molecule has 3 aliphatic rings. The highest BCUT2D eigenvalue weighted by molar-refractivity contribution is 5.92. The summed E-state index contributed by atoms with van der Waals surface area (Å²) in [5, 5.41) is 21.2. The van der Waals surface area contributed by atoms with E-state index in [1.54, 1.807) is 4.68 Å². The van der Waals surface area contributed by atoms with Gasteiger partial charge >= 0.3 is 0 Å². The zero-order valence-electron chi connectivity index (χ0n) is 21.3. The van der Waals surface area contributed by atoms with Crippen molar-refractivity contribution in [1.29, 1.82) is 0 Å². The van der Waals surface area contributed by atoms with Gasteiger partial charge in [-0.25, -0.2) is 0 Å². The molecule has 0 bridgehead atoms. The third-order valence-electron chi connectivity index (χ3n) is 7.99. The Morgan fingerprint density at radius 3 is 2.70 bits per heavy atom. The van der Waals surface area contributed by atoms with Crippen LogP contribution in [0.4, 0.5) is 5.82 Å². The topological polar surface area (TPSA) is 101 Å². The molecule has 0 radical (unpaired) electrons. The molecule has 1 aromatic heterocycles. The Morgan fingerprint density at radius 2 is 1.89 bits per heavy atom. The number of aliphatic hydroxyl groups excluding tert-OH is 1. The van der Waals surface area contributed by atoms with Gasteiger partial charge in [0.15, 0.2) is 17.3 Å². The number of fused-ring (bicyclic) bond motifs is 2. The van der Waals surface area contributed by atoms with Crippen molar-refractivity contribution in [3.8, 4) is 11.5 Å².